The van der Waals surface area contributed by atoms with E-state index in [1.165, 1.54) is 32.4 Å². The molecule has 1 atom stereocenters. The fourth-order valence-electron chi connectivity index (χ4n) is 3.15. The van der Waals surface area contributed by atoms with E-state index < -0.39 is 4.92 Å². The van der Waals surface area contributed by atoms with Gasteiger partial charge in [0, 0.05) is 18.9 Å². The number of amides is 1. The molecule has 0 aliphatic carbocycles. The second kappa shape index (κ2) is 8.61. The van der Waals surface area contributed by atoms with Crippen LogP contribution in [-0.2, 0) is 14.3 Å². The van der Waals surface area contributed by atoms with E-state index in [0.29, 0.717) is 31.6 Å². The molecule has 0 spiro atoms. The van der Waals surface area contributed by atoms with Crippen LogP contribution in [0.3, 0.4) is 0 Å². The van der Waals surface area contributed by atoms with Crippen molar-refractivity contribution in [2.45, 2.75) is 25.8 Å². The number of non-ortho nitro benzene ring substituents is 1. The van der Waals surface area contributed by atoms with Crippen LogP contribution in [0, 0.1) is 16.0 Å². The van der Waals surface area contributed by atoms with E-state index in [2.05, 4.69) is 5.32 Å². The zero-order valence-corrected chi connectivity index (χ0v) is 15.1. The smallest absolute Gasteiger partial charge is 0.309 e. The molecule has 1 saturated heterocycles. The van der Waals surface area contributed by atoms with Gasteiger partial charge in [-0.1, -0.05) is 0 Å². The van der Waals surface area contributed by atoms with E-state index in [1.807, 2.05) is 6.92 Å². The highest BCUT2D eigenvalue weighted by atomic mass is 16.6. The van der Waals surface area contributed by atoms with E-state index in [4.69, 9.17) is 9.47 Å². The highest BCUT2D eigenvalue weighted by Gasteiger charge is 2.33. The molecule has 1 fully saturated rings. The average molecular weight is 366 g/mol. The van der Waals surface area contributed by atoms with Crippen LogP contribution in [0.15, 0.2) is 18.2 Å². The van der Waals surface area contributed by atoms with Gasteiger partial charge in [0.1, 0.15) is 5.75 Å². The van der Waals surface area contributed by atoms with Gasteiger partial charge in [0.25, 0.3) is 11.6 Å². The molecule has 2 rings (SSSR count). The molecule has 2 N–H and O–H groups in total. The molecule has 0 bridgehead atoms. The summed E-state index contributed by atoms with van der Waals surface area (Å²) in [6.45, 7) is 3.22. The van der Waals surface area contributed by atoms with Gasteiger partial charge in [-0.05, 0) is 13.0 Å². The number of rotatable bonds is 6. The van der Waals surface area contributed by atoms with Gasteiger partial charge in [-0.15, -0.1) is 0 Å². The molecule has 0 radical (unpaired) electrons. The van der Waals surface area contributed by atoms with Crippen molar-refractivity contribution in [2.75, 3.05) is 32.6 Å². The third kappa shape index (κ3) is 4.48. The number of nitro groups is 1. The predicted octanol–water partition coefficient (Wildman–Crippen LogP) is 0.398. The summed E-state index contributed by atoms with van der Waals surface area (Å²) in [5.74, 6) is -0.270. The number of nitro benzene ring substituents is 1. The topological polar surface area (TPSA) is 112 Å². The summed E-state index contributed by atoms with van der Waals surface area (Å²) < 4.78 is 9.91. The number of nitrogens with zero attached hydrogens (tertiary/aromatic N) is 1. The lowest BCUT2D eigenvalue weighted by Crippen LogP contribution is -3.17. The number of methoxy groups -OCH3 is 2. The van der Waals surface area contributed by atoms with Crippen molar-refractivity contribution in [3.8, 4) is 5.75 Å². The molecular weight excluding hydrogens is 342 g/mol. The van der Waals surface area contributed by atoms with Crippen LogP contribution in [0.25, 0.3) is 0 Å². The Morgan fingerprint density at radius 1 is 1.31 bits per heavy atom. The van der Waals surface area contributed by atoms with Crippen molar-refractivity contribution in [1.82, 2.24) is 0 Å². The molecule has 1 aliphatic rings. The number of hydrogen-bond acceptors (Lipinski definition) is 6. The van der Waals surface area contributed by atoms with Gasteiger partial charge < -0.3 is 19.7 Å². The van der Waals surface area contributed by atoms with Crippen LogP contribution in [0.5, 0.6) is 5.75 Å². The molecule has 9 heteroatoms. The number of quaternary nitrogens is 1. The number of likely N-dealkylation sites (tertiary alicyclic amines) is 1. The Kier molecular flexibility index (Phi) is 6.51. The van der Waals surface area contributed by atoms with Crippen LogP contribution in [0.2, 0.25) is 0 Å². The SMILES string of the molecule is COC(=O)C1CC[NH+]([C@@H](C)C(=O)Nc2ccc([N+](=O)[O-])cc2OC)CC1. The Labute approximate surface area is 151 Å². The van der Waals surface area contributed by atoms with Crippen LogP contribution in [-0.4, -0.2) is 50.2 Å². The molecule has 1 aromatic carbocycles. The van der Waals surface area contributed by atoms with Crippen molar-refractivity contribution in [3.63, 3.8) is 0 Å². The zero-order valence-electron chi connectivity index (χ0n) is 15.1. The van der Waals surface area contributed by atoms with Gasteiger partial charge in [0.05, 0.1) is 49.9 Å². The number of ether oxygens (including phenoxy) is 2. The minimum Gasteiger partial charge on any atom is -0.494 e. The van der Waals surface area contributed by atoms with Crippen molar-refractivity contribution in [3.05, 3.63) is 28.3 Å². The summed E-state index contributed by atoms with van der Waals surface area (Å²) in [5, 5.41) is 13.6. The third-order valence-corrected chi connectivity index (χ3v) is 4.82. The fraction of sp³-hybridized carbons (Fsp3) is 0.529. The molecular formula is C17H24N3O6+. The number of hydrogen-bond donors (Lipinski definition) is 2. The Morgan fingerprint density at radius 2 is 1.96 bits per heavy atom. The molecule has 26 heavy (non-hydrogen) atoms. The number of anilines is 1. The van der Waals surface area contributed by atoms with Gasteiger partial charge >= 0.3 is 5.97 Å². The molecule has 9 nitrogen and oxygen atoms in total. The van der Waals surface area contributed by atoms with Gasteiger partial charge in [-0.2, -0.15) is 0 Å². The van der Waals surface area contributed by atoms with E-state index in [0.717, 1.165) is 4.90 Å². The summed E-state index contributed by atoms with van der Waals surface area (Å²) in [6.07, 6.45) is 1.36. The Balaban J connectivity index is 1.99. The molecule has 1 amide bonds. The van der Waals surface area contributed by atoms with E-state index in [1.54, 1.807) is 0 Å². The van der Waals surface area contributed by atoms with E-state index in [9.17, 15) is 19.7 Å². The van der Waals surface area contributed by atoms with Crippen LogP contribution >= 0.6 is 0 Å². The quantitative estimate of drug-likeness (QED) is 0.428. The van der Waals surface area contributed by atoms with Crippen molar-refractivity contribution in [1.29, 1.82) is 0 Å². The number of benzene rings is 1. The molecule has 1 heterocycles. The first-order valence-corrected chi connectivity index (χ1v) is 8.43. The lowest BCUT2D eigenvalue weighted by Gasteiger charge is -2.31. The minimum atomic E-state index is -0.521. The normalized spacial score (nSPS) is 20.7. The fourth-order valence-corrected chi connectivity index (χ4v) is 3.15. The third-order valence-electron chi connectivity index (χ3n) is 4.82. The largest absolute Gasteiger partial charge is 0.494 e. The number of nitrogens with one attached hydrogen (secondary N) is 2. The maximum Gasteiger partial charge on any atom is 0.309 e. The number of piperidine rings is 1. The van der Waals surface area contributed by atoms with Crippen molar-refractivity contribution < 1.29 is 28.9 Å². The maximum absolute atomic E-state index is 12.6. The van der Waals surface area contributed by atoms with Crippen LogP contribution in [0.4, 0.5) is 11.4 Å². The molecule has 1 aliphatic heterocycles. The Hall–Kier alpha value is -2.68. The maximum atomic E-state index is 12.6. The van der Waals surface area contributed by atoms with Crippen LogP contribution < -0.4 is 15.0 Å². The summed E-state index contributed by atoms with van der Waals surface area (Å²) in [6, 6.07) is 3.72. The summed E-state index contributed by atoms with van der Waals surface area (Å²) in [7, 11) is 2.77. The van der Waals surface area contributed by atoms with Gasteiger partial charge in [-0.3, -0.25) is 19.7 Å². The first-order valence-electron chi connectivity index (χ1n) is 8.43. The lowest BCUT2D eigenvalue weighted by atomic mass is 9.96. The molecule has 0 unspecified atom stereocenters. The second-order valence-corrected chi connectivity index (χ2v) is 6.31. The number of carbonyl (C=O) groups excluding carboxylic acids is 2. The second-order valence-electron chi connectivity index (χ2n) is 6.31. The van der Waals surface area contributed by atoms with Crippen molar-refractivity contribution >= 4 is 23.3 Å². The molecule has 0 aromatic heterocycles. The Morgan fingerprint density at radius 3 is 2.50 bits per heavy atom. The number of carbonyl (C=O) groups is 2. The molecule has 142 valence electrons. The molecule has 0 saturated carbocycles. The standard InChI is InChI=1S/C17H23N3O6/c1-11(19-8-6-12(7-9-19)17(22)26-3)16(21)18-14-5-4-13(20(23)24)10-15(14)25-2/h4-5,10-12H,6-9H2,1-3H3,(H,18,21)/p+1/t11-/m0/s1. The van der Waals surface area contributed by atoms with E-state index in [-0.39, 0.29) is 35.3 Å². The monoisotopic (exact) mass is 366 g/mol. The van der Waals surface area contributed by atoms with Gasteiger partial charge in [0.2, 0.25) is 0 Å². The number of esters is 1. The zero-order chi connectivity index (χ0) is 19.3. The van der Waals surface area contributed by atoms with Gasteiger partial charge in [0.15, 0.2) is 6.04 Å². The lowest BCUT2D eigenvalue weighted by molar-refractivity contribution is -0.919. The summed E-state index contributed by atoms with van der Waals surface area (Å²) in [5.41, 5.74) is 0.280. The Bertz CT molecular complexity index is 685. The molecule has 1 aromatic rings. The first-order chi connectivity index (χ1) is 12.4. The predicted molar refractivity (Wildman–Crippen MR) is 93.2 cm³/mol. The first kappa shape index (κ1) is 19.6. The highest BCUT2D eigenvalue weighted by Crippen LogP contribution is 2.29. The minimum absolute atomic E-state index is 0.103. The van der Waals surface area contributed by atoms with E-state index >= 15 is 0 Å². The van der Waals surface area contributed by atoms with Gasteiger partial charge in [-0.25, -0.2) is 0 Å². The summed E-state index contributed by atoms with van der Waals surface area (Å²) in [4.78, 5) is 35.6. The van der Waals surface area contributed by atoms with Crippen LogP contribution in [0.1, 0.15) is 19.8 Å². The summed E-state index contributed by atoms with van der Waals surface area (Å²) >= 11 is 0. The highest BCUT2D eigenvalue weighted by molar-refractivity contribution is 5.95. The van der Waals surface area contributed by atoms with Crippen molar-refractivity contribution in [2.24, 2.45) is 5.92 Å². The average Bonchev–Trinajstić information content (AvgIpc) is 2.66.